The molecule has 1 fully saturated rings. The molecule has 0 unspecified atom stereocenters. The molecule has 0 radical (unpaired) electrons. The molecule has 16 heavy (non-hydrogen) atoms. The van der Waals surface area contributed by atoms with Crippen molar-refractivity contribution in [3.8, 4) is 0 Å². The molecule has 3 N–H and O–H groups in total. The minimum atomic E-state index is 0.415. The zero-order valence-electron chi connectivity index (χ0n) is 9.95. The third kappa shape index (κ3) is 7.14. The first-order chi connectivity index (χ1) is 7.93. The summed E-state index contributed by atoms with van der Waals surface area (Å²) in [4.78, 5) is 0. The Morgan fingerprint density at radius 2 is 1.56 bits per heavy atom. The van der Waals surface area contributed by atoms with Gasteiger partial charge in [0.2, 0.25) is 0 Å². The molecule has 0 bridgehead atoms. The molecule has 1 aliphatic heterocycles. The van der Waals surface area contributed by atoms with Crippen LogP contribution < -0.4 is 11.1 Å². The lowest BCUT2D eigenvalue weighted by molar-refractivity contribution is -0.0191. The van der Waals surface area contributed by atoms with E-state index in [0.717, 1.165) is 25.9 Å². The van der Waals surface area contributed by atoms with Crippen molar-refractivity contribution in [1.82, 2.24) is 5.32 Å². The van der Waals surface area contributed by atoms with Crippen LogP contribution in [0.4, 0.5) is 0 Å². The van der Waals surface area contributed by atoms with Crippen LogP contribution in [0.2, 0.25) is 0 Å². The summed E-state index contributed by atoms with van der Waals surface area (Å²) in [6, 6.07) is 0. The van der Waals surface area contributed by atoms with Crippen LogP contribution in [0.25, 0.3) is 0 Å². The number of hydrogen-bond donors (Lipinski definition) is 2. The van der Waals surface area contributed by atoms with Crippen LogP contribution in [0.15, 0.2) is 0 Å². The smallest absolute Gasteiger partial charge is 0.0704 e. The molecule has 0 spiro atoms. The predicted octanol–water partition coefficient (Wildman–Crippen LogP) is -0.253. The van der Waals surface area contributed by atoms with Crippen molar-refractivity contribution in [2.45, 2.75) is 18.9 Å². The van der Waals surface area contributed by atoms with Crippen LogP contribution in [-0.4, -0.2) is 58.8 Å². The molecule has 0 aliphatic carbocycles. The first kappa shape index (κ1) is 13.9. The fourth-order valence-corrected chi connectivity index (χ4v) is 1.64. The molecule has 1 aliphatic rings. The highest BCUT2D eigenvalue weighted by Gasteiger charge is 2.12. The molecule has 0 atom stereocenters. The number of ether oxygens (including phenoxy) is 3. The Balaban J connectivity index is 1.77. The highest BCUT2D eigenvalue weighted by molar-refractivity contribution is 4.67. The van der Waals surface area contributed by atoms with E-state index >= 15 is 0 Å². The summed E-state index contributed by atoms with van der Waals surface area (Å²) < 4.78 is 16.2. The summed E-state index contributed by atoms with van der Waals surface area (Å²) in [5.74, 6) is 0. The van der Waals surface area contributed by atoms with Gasteiger partial charge in [0.05, 0.1) is 39.1 Å². The van der Waals surface area contributed by atoms with Gasteiger partial charge in [0.15, 0.2) is 0 Å². The molecule has 1 rings (SSSR count). The van der Waals surface area contributed by atoms with E-state index in [4.69, 9.17) is 19.9 Å². The summed E-state index contributed by atoms with van der Waals surface area (Å²) in [7, 11) is 0. The van der Waals surface area contributed by atoms with Crippen LogP contribution in [0.3, 0.4) is 0 Å². The van der Waals surface area contributed by atoms with Crippen molar-refractivity contribution < 1.29 is 14.2 Å². The fraction of sp³-hybridized carbons (Fsp3) is 1.00. The normalized spacial score (nSPS) is 17.8. The maximum atomic E-state index is 5.68. The van der Waals surface area contributed by atoms with Crippen molar-refractivity contribution in [2.24, 2.45) is 5.73 Å². The van der Waals surface area contributed by atoms with Crippen LogP contribution in [0.1, 0.15) is 12.8 Å². The summed E-state index contributed by atoms with van der Waals surface area (Å²) in [6.45, 7) is 5.88. The second kappa shape index (κ2) is 9.99. The lowest BCUT2D eigenvalue weighted by Crippen LogP contribution is -2.33. The van der Waals surface area contributed by atoms with E-state index in [1.54, 1.807) is 0 Å². The standard InChI is InChI=1S/C11H24N2O3/c12-3-6-14-7-8-15-9-10-16-11-1-4-13-5-2-11/h11,13H,1-10,12H2. The van der Waals surface area contributed by atoms with E-state index in [2.05, 4.69) is 5.32 Å². The third-order valence-electron chi connectivity index (χ3n) is 2.50. The van der Waals surface area contributed by atoms with Crippen molar-refractivity contribution in [3.05, 3.63) is 0 Å². The zero-order chi connectivity index (χ0) is 11.5. The number of piperidine rings is 1. The van der Waals surface area contributed by atoms with Gasteiger partial charge in [0.1, 0.15) is 0 Å². The van der Waals surface area contributed by atoms with Gasteiger partial charge in [-0.05, 0) is 25.9 Å². The number of rotatable bonds is 9. The van der Waals surface area contributed by atoms with Gasteiger partial charge in [0.25, 0.3) is 0 Å². The Morgan fingerprint density at radius 1 is 0.938 bits per heavy atom. The Morgan fingerprint density at radius 3 is 2.25 bits per heavy atom. The molecule has 0 aromatic carbocycles. The summed E-state index contributed by atoms with van der Waals surface area (Å²) in [6.07, 6.45) is 2.64. The van der Waals surface area contributed by atoms with E-state index in [9.17, 15) is 0 Å². The Hall–Kier alpha value is -0.200. The molecular weight excluding hydrogens is 208 g/mol. The Kier molecular flexibility index (Phi) is 8.65. The minimum absolute atomic E-state index is 0.415. The monoisotopic (exact) mass is 232 g/mol. The van der Waals surface area contributed by atoms with Gasteiger partial charge in [-0.1, -0.05) is 0 Å². The summed E-state index contributed by atoms with van der Waals surface area (Å²) in [5, 5.41) is 3.31. The third-order valence-corrected chi connectivity index (χ3v) is 2.50. The molecule has 5 heteroatoms. The van der Waals surface area contributed by atoms with Gasteiger partial charge >= 0.3 is 0 Å². The van der Waals surface area contributed by atoms with Crippen molar-refractivity contribution in [3.63, 3.8) is 0 Å². The quantitative estimate of drug-likeness (QED) is 0.537. The number of hydrogen-bond acceptors (Lipinski definition) is 5. The van der Waals surface area contributed by atoms with Gasteiger partial charge in [-0.3, -0.25) is 0 Å². The average Bonchev–Trinajstić information content (AvgIpc) is 2.34. The van der Waals surface area contributed by atoms with E-state index in [1.165, 1.54) is 0 Å². The second-order valence-corrected chi connectivity index (χ2v) is 3.83. The Labute approximate surface area is 97.6 Å². The van der Waals surface area contributed by atoms with Gasteiger partial charge < -0.3 is 25.3 Å². The van der Waals surface area contributed by atoms with E-state index in [1.807, 2.05) is 0 Å². The fourth-order valence-electron chi connectivity index (χ4n) is 1.64. The van der Waals surface area contributed by atoms with Crippen LogP contribution in [-0.2, 0) is 14.2 Å². The zero-order valence-corrected chi connectivity index (χ0v) is 9.95. The molecular formula is C11H24N2O3. The first-order valence-corrected chi connectivity index (χ1v) is 6.11. The molecule has 1 saturated heterocycles. The largest absolute Gasteiger partial charge is 0.378 e. The van der Waals surface area contributed by atoms with Gasteiger partial charge in [-0.2, -0.15) is 0 Å². The molecule has 0 aromatic rings. The molecule has 5 nitrogen and oxygen atoms in total. The topological polar surface area (TPSA) is 65.7 Å². The number of nitrogens with two attached hydrogens (primary N) is 1. The van der Waals surface area contributed by atoms with Crippen molar-refractivity contribution in [2.75, 3.05) is 52.7 Å². The maximum absolute atomic E-state index is 5.68. The molecule has 0 aromatic heterocycles. The van der Waals surface area contributed by atoms with Crippen molar-refractivity contribution in [1.29, 1.82) is 0 Å². The number of nitrogens with one attached hydrogen (secondary N) is 1. The van der Waals surface area contributed by atoms with Crippen LogP contribution in [0.5, 0.6) is 0 Å². The summed E-state index contributed by atoms with van der Waals surface area (Å²) >= 11 is 0. The van der Waals surface area contributed by atoms with E-state index in [0.29, 0.717) is 45.7 Å². The maximum Gasteiger partial charge on any atom is 0.0704 e. The molecule has 0 saturated carbocycles. The summed E-state index contributed by atoms with van der Waals surface area (Å²) in [5.41, 5.74) is 5.28. The highest BCUT2D eigenvalue weighted by atomic mass is 16.5. The minimum Gasteiger partial charge on any atom is -0.378 e. The SMILES string of the molecule is NCCOCCOCCOC1CCNCC1. The van der Waals surface area contributed by atoms with Gasteiger partial charge in [-0.25, -0.2) is 0 Å². The molecule has 1 heterocycles. The second-order valence-electron chi connectivity index (χ2n) is 3.83. The molecule has 0 amide bonds. The highest BCUT2D eigenvalue weighted by Crippen LogP contribution is 2.06. The van der Waals surface area contributed by atoms with Gasteiger partial charge in [0, 0.05) is 6.54 Å². The lowest BCUT2D eigenvalue weighted by atomic mass is 10.1. The first-order valence-electron chi connectivity index (χ1n) is 6.11. The van der Waals surface area contributed by atoms with Crippen LogP contribution >= 0.6 is 0 Å². The van der Waals surface area contributed by atoms with E-state index < -0.39 is 0 Å². The molecule has 96 valence electrons. The van der Waals surface area contributed by atoms with Gasteiger partial charge in [-0.15, -0.1) is 0 Å². The van der Waals surface area contributed by atoms with Crippen LogP contribution in [0, 0.1) is 0 Å². The lowest BCUT2D eigenvalue weighted by Gasteiger charge is -2.22. The average molecular weight is 232 g/mol. The predicted molar refractivity (Wildman–Crippen MR) is 62.5 cm³/mol. The van der Waals surface area contributed by atoms with E-state index in [-0.39, 0.29) is 0 Å². The van der Waals surface area contributed by atoms with Crippen molar-refractivity contribution >= 4 is 0 Å². The Bertz CT molecular complexity index is 152.